The molecule has 0 nitrogen and oxygen atoms in total. The van der Waals surface area contributed by atoms with Crippen molar-refractivity contribution < 1.29 is 0 Å². The van der Waals surface area contributed by atoms with Crippen LogP contribution < -0.4 is 0 Å². The molecule has 0 unspecified atom stereocenters. The highest BCUT2D eigenvalue weighted by Crippen LogP contribution is 1.98. The first-order chi connectivity index (χ1) is 1.73. The Labute approximate surface area is 43.6 Å². The summed E-state index contributed by atoms with van der Waals surface area (Å²) in [6.07, 6.45) is 0. The third-order valence-electron chi connectivity index (χ3n) is 0. The summed E-state index contributed by atoms with van der Waals surface area (Å²) in [5.74, 6) is 0. The van der Waals surface area contributed by atoms with Crippen molar-refractivity contribution in [3.05, 3.63) is 0 Å². The lowest BCUT2D eigenvalue weighted by atomic mass is 10.2. The third kappa shape index (κ3) is 11.8. The van der Waals surface area contributed by atoms with Crippen LogP contribution in [0.2, 0.25) is 0 Å². The Balaban J connectivity index is 2.32. The topological polar surface area (TPSA) is 0 Å². The summed E-state index contributed by atoms with van der Waals surface area (Å²) in [5, 5.41) is 0. The first kappa shape index (κ1) is 5.02. The zero-order valence-electron chi connectivity index (χ0n) is 1.91. The van der Waals surface area contributed by atoms with Crippen molar-refractivity contribution in [1.82, 2.24) is 0 Å². The van der Waals surface area contributed by atoms with Crippen LogP contribution in [0.25, 0.3) is 0 Å². The van der Waals surface area contributed by atoms with Crippen molar-refractivity contribution in [1.29, 1.82) is 0 Å². The molecule has 0 saturated heterocycles. The van der Waals surface area contributed by atoms with Gasteiger partial charge < -0.3 is 0 Å². The van der Waals surface area contributed by atoms with Crippen molar-refractivity contribution >= 4 is 39.7 Å². The molecule has 0 bridgehead atoms. The zero-order chi connectivity index (χ0) is 3.58. The maximum atomic E-state index is 4.94. The quantitative estimate of drug-likeness (QED) is 0.392. The summed E-state index contributed by atoms with van der Waals surface area (Å²) < 4.78 is -0.0417. The van der Waals surface area contributed by atoms with E-state index in [-0.39, 0.29) is 3.64 Å². The number of hydrogen-bond donors (Lipinski definition) is 0. The lowest BCUT2D eigenvalue weighted by Crippen LogP contribution is -1.73. The monoisotopic (exact) mass is 182 g/mol. The smallest absolute Gasteiger partial charge is 0.0875 e. The van der Waals surface area contributed by atoms with Gasteiger partial charge in [-0.05, 0) is 0 Å². The van der Waals surface area contributed by atoms with Crippen LogP contribution in [-0.2, 0) is 0 Å². The van der Waals surface area contributed by atoms with Gasteiger partial charge in [-0.3, -0.25) is 0 Å². The number of alkyl halides is 2. The Kier molecular flexibility index (Phi) is 2.86. The van der Waals surface area contributed by atoms with Gasteiger partial charge in [0.1, 0.15) is 7.85 Å². The summed E-state index contributed by atoms with van der Waals surface area (Å²) in [4.78, 5) is 0. The Morgan fingerprint density at radius 3 is 1.50 bits per heavy atom. The molecule has 4 heavy (non-hydrogen) atoms. The van der Waals surface area contributed by atoms with Crippen LogP contribution in [0.1, 0.15) is 0 Å². The van der Waals surface area contributed by atoms with Crippen LogP contribution in [0.15, 0.2) is 0 Å². The van der Waals surface area contributed by atoms with E-state index in [4.69, 9.17) is 7.85 Å². The van der Waals surface area contributed by atoms with Crippen LogP contribution in [0.5, 0.6) is 0 Å². The minimum absolute atomic E-state index is 0.0417. The number of rotatable bonds is 0. The van der Waals surface area contributed by atoms with E-state index < -0.39 is 0 Å². The van der Waals surface area contributed by atoms with E-state index in [0.717, 1.165) is 0 Å². The summed E-state index contributed by atoms with van der Waals surface area (Å²) in [5.41, 5.74) is 0. The minimum atomic E-state index is -0.0417. The molecule has 0 N–H and O–H groups in total. The summed E-state index contributed by atoms with van der Waals surface area (Å²) >= 11 is 5.93. The molecule has 3 heteroatoms. The zero-order valence-corrected chi connectivity index (χ0v) is 5.08. The van der Waals surface area contributed by atoms with Crippen LogP contribution in [0.3, 0.4) is 0 Å². The SMILES string of the molecule is [B]C(Br)Br. The van der Waals surface area contributed by atoms with Crippen molar-refractivity contribution in [2.24, 2.45) is 0 Å². The van der Waals surface area contributed by atoms with Crippen LogP contribution >= 0.6 is 31.9 Å². The highest BCUT2D eigenvalue weighted by Gasteiger charge is 1.74. The van der Waals surface area contributed by atoms with Gasteiger partial charge in [0.25, 0.3) is 0 Å². The predicted octanol–water partition coefficient (Wildman–Crippen LogP) is 1.23. The lowest BCUT2D eigenvalue weighted by molar-refractivity contribution is 2.16. The first-order valence-corrected chi connectivity index (χ1v) is 2.60. The van der Waals surface area contributed by atoms with Crippen molar-refractivity contribution in [2.45, 2.75) is 3.64 Å². The van der Waals surface area contributed by atoms with Crippen molar-refractivity contribution in [3.63, 3.8) is 0 Å². The molecule has 0 spiro atoms. The highest BCUT2D eigenvalue weighted by molar-refractivity contribution is 9.25. The Hall–Kier alpha value is 1.02. The van der Waals surface area contributed by atoms with Crippen molar-refractivity contribution in [3.8, 4) is 0 Å². The normalized spacial score (nSPS) is 8.75. The second-order valence-electron chi connectivity index (χ2n) is 0.334. The van der Waals surface area contributed by atoms with E-state index in [9.17, 15) is 0 Å². The van der Waals surface area contributed by atoms with Gasteiger partial charge in [-0.25, -0.2) is 0 Å². The van der Waals surface area contributed by atoms with Crippen molar-refractivity contribution in [2.75, 3.05) is 0 Å². The average molecular weight is 184 g/mol. The second kappa shape index (κ2) is 2.27. The van der Waals surface area contributed by atoms with Crippen LogP contribution in [0.4, 0.5) is 0 Å². The molecule has 0 amide bonds. The summed E-state index contributed by atoms with van der Waals surface area (Å²) in [6, 6.07) is 0. The largest absolute Gasteiger partial charge is 0.101 e. The van der Waals surface area contributed by atoms with Gasteiger partial charge >= 0.3 is 0 Å². The van der Waals surface area contributed by atoms with Gasteiger partial charge in [0.15, 0.2) is 0 Å². The molecule has 0 saturated carbocycles. The molecule has 0 rings (SSSR count). The molecular formula is CHBBr2. The van der Waals surface area contributed by atoms with Crippen LogP contribution in [0, 0.1) is 0 Å². The molecule has 0 atom stereocenters. The molecule has 0 aromatic heterocycles. The molecule has 0 aliphatic heterocycles. The second-order valence-corrected chi connectivity index (χ2v) is 3.54. The molecule has 0 aromatic rings. The molecule has 0 aromatic carbocycles. The number of hydrogen-bond acceptors (Lipinski definition) is 0. The van der Waals surface area contributed by atoms with Gasteiger partial charge in [0.05, 0.1) is 0 Å². The van der Waals surface area contributed by atoms with E-state index >= 15 is 0 Å². The maximum absolute atomic E-state index is 4.94. The molecule has 0 heterocycles. The fourth-order valence-electron chi connectivity index (χ4n) is 0. The fraction of sp³-hybridized carbons (Fsp3) is 1.00. The van der Waals surface area contributed by atoms with E-state index in [2.05, 4.69) is 31.9 Å². The number of halogens is 2. The Morgan fingerprint density at radius 2 is 1.50 bits per heavy atom. The molecule has 0 aliphatic carbocycles. The standard InChI is InChI=1S/CHBBr2/c2-1(3)4/h1H. The van der Waals surface area contributed by atoms with Gasteiger partial charge in [-0.1, -0.05) is 31.9 Å². The molecule has 2 radical (unpaired) electrons. The summed E-state index contributed by atoms with van der Waals surface area (Å²) in [7, 11) is 4.94. The van der Waals surface area contributed by atoms with Gasteiger partial charge in [-0.2, -0.15) is 0 Å². The maximum Gasteiger partial charge on any atom is 0.101 e. The molecule has 0 aliphatic rings. The van der Waals surface area contributed by atoms with E-state index in [0.29, 0.717) is 0 Å². The predicted molar refractivity (Wildman–Crippen MR) is 27.4 cm³/mol. The lowest BCUT2D eigenvalue weighted by Gasteiger charge is -1.73. The molecular weight excluding hydrogens is 183 g/mol. The van der Waals surface area contributed by atoms with Gasteiger partial charge in [-0.15, -0.1) is 0 Å². The van der Waals surface area contributed by atoms with Gasteiger partial charge in [0, 0.05) is 3.64 Å². The van der Waals surface area contributed by atoms with E-state index in [1.807, 2.05) is 0 Å². The summed E-state index contributed by atoms with van der Waals surface area (Å²) in [6.45, 7) is 0. The molecule has 22 valence electrons. The first-order valence-electron chi connectivity index (χ1n) is 0.770. The third-order valence-corrected chi connectivity index (χ3v) is 0. The van der Waals surface area contributed by atoms with E-state index in [1.54, 1.807) is 0 Å². The minimum Gasteiger partial charge on any atom is -0.0875 e. The van der Waals surface area contributed by atoms with Gasteiger partial charge in [0.2, 0.25) is 0 Å². The Morgan fingerprint density at radius 1 is 1.50 bits per heavy atom. The molecule has 0 fully saturated rings. The fourth-order valence-corrected chi connectivity index (χ4v) is 0. The Bertz CT molecular complexity index is 10.8. The van der Waals surface area contributed by atoms with Crippen LogP contribution in [-0.4, -0.2) is 11.5 Å². The van der Waals surface area contributed by atoms with E-state index in [1.165, 1.54) is 0 Å². The average Bonchev–Trinajstić information content (AvgIpc) is 0.811. The highest BCUT2D eigenvalue weighted by atomic mass is 79.9.